The van der Waals surface area contributed by atoms with E-state index < -0.39 is 23.0 Å². The van der Waals surface area contributed by atoms with Crippen molar-refractivity contribution in [3.05, 3.63) is 75.3 Å². The molecule has 0 radical (unpaired) electrons. The Bertz CT molecular complexity index is 1330. The molecule has 0 aliphatic heterocycles. The number of nitrogen functional groups attached to an aromatic ring is 1. The zero-order chi connectivity index (χ0) is 25.9. The highest BCUT2D eigenvalue weighted by molar-refractivity contribution is 7.79. The molecule has 11 heteroatoms. The number of ether oxygens (including phenoxy) is 1. The van der Waals surface area contributed by atoms with Crippen LogP contribution in [0.5, 0.6) is 11.5 Å². The molecule has 3 N–H and O–H groups in total. The van der Waals surface area contributed by atoms with E-state index in [1.165, 1.54) is 29.2 Å². The van der Waals surface area contributed by atoms with Crippen molar-refractivity contribution in [1.29, 1.82) is 0 Å². The molecular weight excluding hydrogens is 515 g/mol. The molecule has 0 heterocycles. The fourth-order valence-corrected chi connectivity index (χ4v) is 4.54. The summed E-state index contributed by atoms with van der Waals surface area (Å²) in [7, 11) is 0. The van der Waals surface area contributed by atoms with E-state index in [9.17, 15) is 18.4 Å². The molecule has 0 saturated carbocycles. The first-order chi connectivity index (χ1) is 16.5. The van der Waals surface area contributed by atoms with E-state index in [0.717, 1.165) is 5.56 Å². The molecule has 1 amide bonds. The van der Waals surface area contributed by atoms with Crippen LogP contribution < -0.4 is 15.4 Å². The molecule has 0 aliphatic carbocycles. The predicted molar refractivity (Wildman–Crippen MR) is 134 cm³/mol. The normalized spacial score (nSPS) is 11.7. The van der Waals surface area contributed by atoms with Gasteiger partial charge >= 0.3 is 5.97 Å². The molecule has 0 bridgehead atoms. The number of rotatable bonds is 8. The van der Waals surface area contributed by atoms with Gasteiger partial charge in [-0.3, -0.25) is 13.8 Å². The molecule has 35 heavy (non-hydrogen) atoms. The van der Waals surface area contributed by atoms with Gasteiger partial charge in [0, 0.05) is 17.0 Å². The highest BCUT2D eigenvalue weighted by Gasteiger charge is 2.21. The van der Waals surface area contributed by atoms with E-state index in [0.29, 0.717) is 17.1 Å². The van der Waals surface area contributed by atoms with Crippen molar-refractivity contribution < 1.29 is 28.2 Å². The van der Waals surface area contributed by atoms with E-state index in [1.807, 2.05) is 0 Å². The number of hydrogen-bond donors (Lipinski definition) is 2. The molecule has 8 nitrogen and oxygen atoms in total. The largest absolute Gasteiger partial charge is 0.768 e. The van der Waals surface area contributed by atoms with Gasteiger partial charge in [0.25, 0.3) is 5.91 Å². The first kappa shape index (κ1) is 26.5. The van der Waals surface area contributed by atoms with E-state index in [2.05, 4.69) is 0 Å². The Morgan fingerprint density at radius 2 is 1.77 bits per heavy atom. The SMILES string of the molecule is CCN(C(=O)c1ccc(Oc2ccc(CC(=O)O)cc2C)c(N)c1)c1cc(S(=O)[O-])c(Cl)cc1Cl. The minimum atomic E-state index is -2.61. The summed E-state index contributed by atoms with van der Waals surface area (Å²) in [5.74, 6) is -0.577. The van der Waals surface area contributed by atoms with Gasteiger partial charge in [-0.25, -0.2) is 0 Å². The number of nitrogens with two attached hydrogens (primary N) is 1. The lowest BCUT2D eigenvalue weighted by molar-refractivity contribution is -0.136. The Labute approximate surface area is 214 Å². The van der Waals surface area contributed by atoms with Crippen molar-refractivity contribution in [1.82, 2.24) is 0 Å². The van der Waals surface area contributed by atoms with Gasteiger partial charge in [-0.2, -0.15) is 0 Å². The maximum absolute atomic E-state index is 13.2. The Kier molecular flexibility index (Phi) is 8.39. The second-order valence-corrected chi connectivity index (χ2v) is 9.27. The van der Waals surface area contributed by atoms with Crippen LogP contribution in [-0.4, -0.2) is 32.3 Å². The van der Waals surface area contributed by atoms with Crippen LogP contribution in [0.15, 0.2) is 53.4 Å². The van der Waals surface area contributed by atoms with Crippen molar-refractivity contribution in [2.24, 2.45) is 0 Å². The standard InChI is InChI=1S/C24H22Cl2N2O6S/c1-3-28(19-12-22(35(32)33)17(26)11-16(19)25)24(31)15-5-7-21(18(27)10-15)34-20-6-4-14(8-13(20)2)9-23(29)30/h4-8,10-12H,3,9,27H2,1-2H3,(H,29,30)(H,32,33)/p-1. The van der Waals surface area contributed by atoms with Gasteiger partial charge in [-0.1, -0.05) is 35.3 Å². The lowest BCUT2D eigenvalue weighted by Gasteiger charge is -2.24. The van der Waals surface area contributed by atoms with Crippen LogP contribution in [0, 0.1) is 6.92 Å². The number of amides is 1. The van der Waals surface area contributed by atoms with Crippen LogP contribution in [0.25, 0.3) is 0 Å². The van der Waals surface area contributed by atoms with Crippen LogP contribution in [-0.2, 0) is 22.3 Å². The number of carbonyl (C=O) groups excluding carboxylic acids is 1. The minimum absolute atomic E-state index is 0.0485. The second kappa shape index (κ2) is 11.1. The van der Waals surface area contributed by atoms with Crippen molar-refractivity contribution in [2.75, 3.05) is 17.2 Å². The summed E-state index contributed by atoms with van der Waals surface area (Å²) in [6.07, 6.45) is -0.0994. The number of carboxylic acid groups (broad SMARTS) is 1. The summed E-state index contributed by atoms with van der Waals surface area (Å²) in [5, 5.41) is 9.02. The van der Waals surface area contributed by atoms with Gasteiger partial charge in [0.05, 0.1) is 27.8 Å². The average molecular weight is 536 g/mol. The molecule has 0 saturated heterocycles. The van der Waals surface area contributed by atoms with Crippen LogP contribution in [0.2, 0.25) is 10.0 Å². The molecule has 0 spiro atoms. The Morgan fingerprint density at radius 1 is 1.09 bits per heavy atom. The molecule has 1 atom stereocenters. The first-order valence-electron chi connectivity index (χ1n) is 10.3. The monoisotopic (exact) mass is 535 g/mol. The highest BCUT2D eigenvalue weighted by Crippen LogP contribution is 2.35. The van der Waals surface area contributed by atoms with E-state index in [4.69, 9.17) is 38.8 Å². The summed E-state index contributed by atoms with van der Waals surface area (Å²) in [5.41, 5.74) is 8.14. The van der Waals surface area contributed by atoms with Gasteiger partial charge < -0.3 is 25.0 Å². The second-order valence-electron chi connectivity index (χ2n) is 7.54. The van der Waals surface area contributed by atoms with Gasteiger partial charge in [0.2, 0.25) is 0 Å². The number of aliphatic carboxylic acids is 1. The number of nitrogens with zero attached hydrogens (tertiary/aromatic N) is 1. The fraction of sp³-hybridized carbons (Fsp3) is 0.167. The van der Waals surface area contributed by atoms with Crippen molar-refractivity contribution in [3.8, 4) is 11.5 Å². The lowest BCUT2D eigenvalue weighted by atomic mass is 10.1. The van der Waals surface area contributed by atoms with Gasteiger partial charge in [0.15, 0.2) is 0 Å². The fourth-order valence-electron chi connectivity index (χ4n) is 3.44. The molecule has 3 aromatic rings. The quantitative estimate of drug-likeness (QED) is 0.298. The zero-order valence-corrected chi connectivity index (χ0v) is 21.0. The Hall–Kier alpha value is -3.11. The molecule has 0 aromatic heterocycles. The molecule has 184 valence electrons. The third kappa shape index (κ3) is 6.12. The smallest absolute Gasteiger partial charge is 0.307 e. The number of benzene rings is 3. The van der Waals surface area contributed by atoms with E-state index in [-0.39, 0.29) is 44.8 Å². The number of halogens is 2. The van der Waals surface area contributed by atoms with E-state index >= 15 is 0 Å². The molecule has 1 unspecified atom stereocenters. The molecule has 0 fully saturated rings. The Balaban J connectivity index is 1.87. The number of aryl methyl sites for hydroxylation is 1. The summed E-state index contributed by atoms with van der Waals surface area (Å²) in [4.78, 5) is 25.3. The van der Waals surface area contributed by atoms with Crippen molar-refractivity contribution in [2.45, 2.75) is 25.2 Å². The minimum Gasteiger partial charge on any atom is -0.768 e. The Morgan fingerprint density at radius 3 is 2.34 bits per heavy atom. The van der Waals surface area contributed by atoms with Gasteiger partial charge in [-0.15, -0.1) is 0 Å². The third-order valence-corrected chi connectivity index (χ3v) is 6.53. The molecule has 3 aromatic carbocycles. The van der Waals surface area contributed by atoms with Crippen molar-refractivity contribution in [3.63, 3.8) is 0 Å². The summed E-state index contributed by atoms with van der Waals surface area (Å²) < 4.78 is 28.8. The topological polar surface area (TPSA) is 133 Å². The van der Waals surface area contributed by atoms with Crippen LogP contribution in [0.1, 0.15) is 28.4 Å². The average Bonchev–Trinajstić information content (AvgIpc) is 2.77. The van der Waals surface area contributed by atoms with Crippen LogP contribution >= 0.6 is 23.2 Å². The molecule has 0 aliphatic rings. The van der Waals surface area contributed by atoms with Crippen molar-refractivity contribution >= 4 is 57.5 Å². The van der Waals surface area contributed by atoms with E-state index in [1.54, 1.807) is 38.1 Å². The summed E-state index contributed by atoms with van der Waals surface area (Å²) in [6, 6.07) is 12.1. The first-order valence-corrected chi connectivity index (χ1v) is 12.1. The summed E-state index contributed by atoms with van der Waals surface area (Å²) in [6.45, 7) is 3.70. The predicted octanol–water partition coefficient (Wildman–Crippen LogP) is 5.21. The summed E-state index contributed by atoms with van der Waals surface area (Å²) >= 11 is 9.59. The lowest BCUT2D eigenvalue weighted by Crippen LogP contribution is -2.31. The highest BCUT2D eigenvalue weighted by atomic mass is 35.5. The molecular formula is C24H21Cl2N2O6S-. The number of carboxylic acids is 1. The zero-order valence-electron chi connectivity index (χ0n) is 18.7. The maximum atomic E-state index is 13.2. The third-order valence-electron chi connectivity index (χ3n) is 5.10. The number of anilines is 2. The van der Waals surface area contributed by atoms with Gasteiger partial charge in [0.1, 0.15) is 11.5 Å². The van der Waals surface area contributed by atoms with Gasteiger partial charge in [-0.05, 0) is 72.5 Å². The number of carbonyl (C=O) groups is 2. The maximum Gasteiger partial charge on any atom is 0.307 e. The number of hydrogen-bond acceptors (Lipinski definition) is 6. The van der Waals surface area contributed by atoms with Crippen LogP contribution in [0.4, 0.5) is 11.4 Å². The van der Waals surface area contributed by atoms with Crippen LogP contribution in [0.3, 0.4) is 0 Å². The molecule has 3 rings (SSSR count).